The first-order chi connectivity index (χ1) is 15.0. The number of nitrogens with one attached hydrogen (secondary N) is 1. The summed E-state index contributed by atoms with van der Waals surface area (Å²) in [6.07, 6.45) is -0.724. The third-order valence-corrected chi connectivity index (χ3v) is 5.22. The summed E-state index contributed by atoms with van der Waals surface area (Å²) in [6.45, 7) is 1.70. The van der Waals surface area contributed by atoms with Gasteiger partial charge in [0.1, 0.15) is 5.15 Å². The maximum atomic E-state index is 13.6. The van der Waals surface area contributed by atoms with Gasteiger partial charge in [-0.1, -0.05) is 59.1 Å². The molecule has 1 aromatic heterocycles. The first kappa shape index (κ1) is 24.1. The monoisotopic (exact) mass is 498 g/mol. The van der Waals surface area contributed by atoms with Crippen LogP contribution in [0.15, 0.2) is 60.8 Å². The van der Waals surface area contributed by atoms with Gasteiger partial charge < -0.3 is 5.32 Å². The van der Waals surface area contributed by atoms with Crippen LogP contribution in [-0.2, 0) is 0 Å². The van der Waals surface area contributed by atoms with E-state index in [-0.39, 0.29) is 21.5 Å². The Morgan fingerprint density at radius 1 is 1.03 bits per heavy atom. The fourth-order valence-corrected chi connectivity index (χ4v) is 3.72. The van der Waals surface area contributed by atoms with E-state index in [1.54, 1.807) is 37.3 Å². The SMILES string of the molecule is Cc1cc(C=CC(c2cc(Cl)cc(Cl)c2)C(F)(F)F)ccc1C(=O)Nc1ccc(Cl)nc1. The van der Waals surface area contributed by atoms with E-state index in [4.69, 9.17) is 34.8 Å². The number of halogens is 6. The summed E-state index contributed by atoms with van der Waals surface area (Å²) in [5, 5.41) is 3.24. The van der Waals surface area contributed by atoms with Crippen molar-refractivity contribution in [2.24, 2.45) is 0 Å². The van der Waals surface area contributed by atoms with Crippen LogP contribution in [0.4, 0.5) is 18.9 Å². The number of hydrogen-bond acceptors (Lipinski definition) is 2. The predicted molar refractivity (Wildman–Crippen MR) is 123 cm³/mol. The minimum atomic E-state index is -4.54. The summed E-state index contributed by atoms with van der Waals surface area (Å²) in [5.41, 5.74) is 1.90. The molecule has 9 heteroatoms. The molecule has 0 aliphatic heterocycles. The lowest BCUT2D eigenvalue weighted by molar-refractivity contribution is -0.139. The van der Waals surface area contributed by atoms with E-state index >= 15 is 0 Å². The number of carbonyl (C=O) groups excluding carboxylic acids is 1. The maximum Gasteiger partial charge on any atom is 0.399 e. The summed E-state index contributed by atoms with van der Waals surface area (Å²) in [6, 6.07) is 11.7. The Labute approximate surface area is 197 Å². The average molecular weight is 500 g/mol. The van der Waals surface area contributed by atoms with Crippen molar-refractivity contribution in [1.82, 2.24) is 4.98 Å². The molecule has 0 bridgehead atoms. The number of alkyl halides is 3. The van der Waals surface area contributed by atoms with Crippen LogP contribution in [0, 0.1) is 6.92 Å². The van der Waals surface area contributed by atoms with E-state index in [0.717, 1.165) is 6.08 Å². The molecule has 1 atom stereocenters. The molecule has 3 nitrogen and oxygen atoms in total. The predicted octanol–water partition coefficient (Wildman–Crippen LogP) is 7.96. The molecule has 1 N–H and O–H groups in total. The molecule has 0 aliphatic carbocycles. The van der Waals surface area contributed by atoms with Gasteiger partial charge in [0.2, 0.25) is 0 Å². The number of allylic oxidation sites excluding steroid dienone is 1. The van der Waals surface area contributed by atoms with E-state index in [2.05, 4.69) is 10.3 Å². The van der Waals surface area contributed by atoms with Crippen molar-refractivity contribution < 1.29 is 18.0 Å². The van der Waals surface area contributed by atoms with Gasteiger partial charge in [-0.05, 0) is 60.0 Å². The molecule has 0 radical (unpaired) electrons. The molecule has 1 unspecified atom stereocenters. The quantitative estimate of drug-likeness (QED) is 0.362. The zero-order chi connectivity index (χ0) is 23.5. The van der Waals surface area contributed by atoms with E-state index in [1.165, 1.54) is 30.5 Å². The Hall–Kier alpha value is -2.54. The van der Waals surface area contributed by atoms with Gasteiger partial charge in [-0.2, -0.15) is 13.2 Å². The highest BCUT2D eigenvalue weighted by Gasteiger charge is 2.39. The van der Waals surface area contributed by atoms with Crippen molar-refractivity contribution in [1.29, 1.82) is 0 Å². The minimum absolute atomic E-state index is 0.0597. The first-order valence-electron chi connectivity index (χ1n) is 9.27. The molecule has 3 rings (SSSR count). The number of nitrogens with zero attached hydrogens (tertiary/aromatic N) is 1. The second-order valence-corrected chi connectivity index (χ2v) is 8.24. The number of aromatic nitrogens is 1. The summed E-state index contributed by atoms with van der Waals surface area (Å²) in [5.74, 6) is -2.26. The van der Waals surface area contributed by atoms with Crippen LogP contribution in [0.25, 0.3) is 6.08 Å². The lowest BCUT2D eigenvalue weighted by atomic mass is 9.96. The molecule has 166 valence electrons. The highest BCUT2D eigenvalue weighted by Crippen LogP contribution is 2.38. The molecule has 0 saturated carbocycles. The molecular weight excluding hydrogens is 484 g/mol. The van der Waals surface area contributed by atoms with Gasteiger partial charge in [0.15, 0.2) is 0 Å². The number of hydrogen-bond donors (Lipinski definition) is 1. The van der Waals surface area contributed by atoms with Crippen molar-refractivity contribution in [2.45, 2.75) is 19.0 Å². The fraction of sp³-hybridized carbons (Fsp3) is 0.130. The normalized spacial score (nSPS) is 12.7. The zero-order valence-corrected chi connectivity index (χ0v) is 18.8. The second-order valence-electron chi connectivity index (χ2n) is 6.98. The molecule has 2 aromatic carbocycles. The number of amides is 1. The summed E-state index contributed by atoms with van der Waals surface area (Å²) < 4.78 is 40.9. The van der Waals surface area contributed by atoms with Gasteiger partial charge in [0, 0.05) is 15.6 Å². The van der Waals surface area contributed by atoms with E-state index in [0.29, 0.717) is 27.5 Å². The third kappa shape index (κ3) is 6.25. The molecule has 1 amide bonds. The van der Waals surface area contributed by atoms with Crippen molar-refractivity contribution in [2.75, 3.05) is 5.32 Å². The number of aryl methyl sites for hydroxylation is 1. The maximum absolute atomic E-state index is 13.6. The van der Waals surface area contributed by atoms with Crippen molar-refractivity contribution in [3.05, 3.63) is 98.3 Å². The second kappa shape index (κ2) is 9.94. The van der Waals surface area contributed by atoms with E-state index in [9.17, 15) is 18.0 Å². The minimum Gasteiger partial charge on any atom is -0.321 e. The van der Waals surface area contributed by atoms with Crippen molar-refractivity contribution in [3.63, 3.8) is 0 Å². The number of pyridine rings is 1. The van der Waals surface area contributed by atoms with Gasteiger partial charge in [-0.15, -0.1) is 0 Å². The van der Waals surface area contributed by atoms with Gasteiger partial charge in [-0.3, -0.25) is 4.79 Å². The smallest absolute Gasteiger partial charge is 0.321 e. The van der Waals surface area contributed by atoms with Gasteiger partial charge in [-0.25, -0.2) is 4.98 Å². The third-order valence-electron chi connectivity index (χ3n) is 4.56. The van der Waals surface area contributed by atoms with E-state index < -0.39 is 12.1 Å². The number of benzene rings is 2. The average Bonchev–Trinajstić information content (AvgIpc) is 2.68. The lowest BCUT2D eigenvalue weighted by Crippen LogP contribution is -2.19. The van der Waals surface area contributed by atoms with Crippen LogP contribution in [0.3, 0.4) is 0 Å². The van der Waals surface area contributed by atoms with E-state index in [1.807, 2.05) is 0 Å². The standard InChI is InChI=1S/C23H16Cl3F3N2O/c1-13-8-14(2-5-19(13)22(32)31-18-4-7-21(26)30-12-18)3-6-20(23(27,28)29)15-9-16(24)11-17(25)10-15/h2-12,20H,1H3,(H,31,32). The number of anilines is 1. The van der Waals surface area contributed by atoms with Crippen LogP contribution >= 0.6 is 34.8 Å². The van der Waals surface area contributed by atoms with Gasteiger partial charge >= 0.3 is 6.18 Å². The van der Waals surface area contributed by atoms with Crippen LogP contribution in [0.1, 0.15) is 33.0 Å². The molecule has 0 aliphatic rings. The van der Waals surface area contributed by atoms with Crippen LogP contribution < -0.4 is 5.32 Å². The molecule has 32 heavy (non-hydrogen) atoms. The first-order valence-corrected chi connectivity index (χ1v) is 10.4. The Bertz CT molecular complexity index is 1140. The topological polar surface area (TPSA) is 42.0 Å². The van der Waals surface area contributed by atoms with Crippen LogP contribution in [0.2, 0.25) is 15.2 Å². The highest BCUT2D eigenvalue weighted by atomic mass is 35.5. The Morgan fingerprint density at radius 3 is 2.28 bits per heavy atom. The Kier molecular flexibility index (Phi) is 7.49. The summed E-state index contributed by atoms with van der Waals surface area (Å²) >= 11 is 17.5. The van der Waals surface area contributed by atoms with Gasteiger partial charge in [0.05, 0.1) is 17.8 Å². The summed E-state index contributed by atoms with van der Waals surface area (Å²) in [4.78, 5) is 16.4. The Morgan fingerprint density at radius 2 is 1.72 bits per heavy atom. The number of rotatable bonds is 5. The Balaban J connectivity index is 1.82. The van der Waals surface area contributed by atoms with Gasteiger partial charge in [0.25, 0.3) is 5.91 Å². The van der Waals surface area contributed by atoms with Crippen LogP contribution in [0.5, 0.6) is 0 Å². The fourth-order valence-electron chi connectivity index (χ4n) is 3.06. The molecule has 0 spiro atoms. The zero-order valence-electron chi connectivity index (χ0n) is 16.6. The van der Waals surface area contributed by atoms with Crippen LogP contribution in [-0.4, -0.2) is 17.1 Å². The number of carbonyl (C=O) groups is 1. The lowest BCUT2D eigenvalue weighted by Gasteiger charge is -2.18. The molecule has 3 aromatic rings. The highest BCUT2D eigenvalue weighted by molar-refractivity contribution is 6.34. The van der Waals surface area contributed by atoms with Crippen molar-refractivity contribution in [3.8, 4) is 0 Å². The molecular formula is C23H16Cl3F3N2O. The van der Waals surface area contributed by atoms with Crippen molar-refractivity contribution >= 4 is 52.5 Å². The molecule has 1 heterocycles. The molecule has 0 saturated heterocycles. The largest absolute Gasteiger partial charge is 0.399 e. The summed E-state index contributed by atoms with van der Waals surface area (Å²) in [7, 11) is 0. The molecule has 0 fully saturated rings.